The molecule has 5 heteroatoms. The zero-order valence-corrected chi connectivity index (χ0v) is 13.1. The molecule has 4 nitrogen and oxygen atoms in total. The van der Waals surface area contributed by atoms with Crippen LogP contribution in [0, 0.1) is 5.82 Å². The van der Waals surface area contributed by atoms with Crippen molar-refractivity contribution in [1.29, 1.82) is 0 Å². The number of ether oxygens (including phenoxy) is 1. The smallest absolute Gasteiger partial charge is 0.258 e. The van der Waals surface area contributed by atoms with E-state index in [2.05, 4.69) is 10.3 Å². The zero-order valence-electron chi connectivity index (χ0n) is 13.1. The van der Waals surface area contributed by atoms with Gasteiger partial charge in [0, 0.05) is 12.3 Å². The number of carbonyl (C=O) groups excluding carboxylic acids is 1. The minimum atomic E-state index is -0.361. The van der Waals surface area contributed by atoms with Gasteiger partial charge < -0.3 is 10.1 Å². The highest BCUT2D eigenvalue weighted by Gasteiger charge is 2.04. The Morgan fingerprint density at radius 2 is 1.91 bits per heavy atom. The molecule has 2 aromatic rings. The molecule has 0 unspecified atom stereocenters. The fourth-order valence-electron chi connectivity index (χ4n) is 1.86. The first-order valence-electron chi connectivity index (χ1n) is 7.35. The van der Waals surface area contributed by atoms with E-state index in [0.717, 1.165) is 5.56 Å². The van der Waals surface area contributed by atoms with Crippen LogP contribution in [-0.4, -0.2) is 24.8 Å². The normalized spacial score (nSPS) is 11.0. The van der Waals surface area contributed by atoms with Crippen molar-refractivity contribution in [3.8, 4) is 5.75 Å². The molecular weight excluding hydrogens is 295 g/mol. The molecular formula is C18H19FN2O2. The predicted octanol–water partition coefficient (Wildman–Crippen LogP) is 3.48. The molecule has 0 atom stereocenters. The number of hydrogen-bond acceptors (Lipinski definition) is 3. The van der Waals surface area contributed by atoms with Crippen LogP contribution >= 0.6 is 0 Å². The average Bonchev–Trinajstić information content (AvgIpc) is 2.52. The lowest BCUT2D eigenvalue weighted by Gasteiger charge is -2.09. The molecule has 1 N–H and O–H groups in total. The summed E-state index contributed by atoms with van der Waals surface area (Å²) in [5.41, 5.74) is 1.10. The van der Waals surface area contributed by atoms with Crippen LogP contribution in [0.25, 0.3) is 0 Å². The van der Waals surface area contributed by atoms with Crippen LogP contribution in [0.3, 0.4) is 0 Å². The highest BCUT2D eigenvalue weighted by molar-refractivity contribution is 5.82. The van der Waals surface area contributed by atoms with E-state index in [1.165, 1.54) is 6.07 Å². The number of carbonyl (C=O) groups is 1. The SMILES string of the molecule is CC(C)NC(=O)COc1ccc(C=Nc2ccccc2F)cc1. The van der Waals surface area contributed by atoms with Crippen molar-refractivity contribution in [1.82, 2.24) is 5.32 Å². The van der Waals surface area contributed by atoms with Gasteiger partial charge in [0.25, 0.3) is 5.91 Å². The molecule has 120 valence electrons. The molecule has 0 heterocycles. The Balaban J connectivity index is 1.92. The van der Waals surface area contributed by atoms with E-state index in [9.17, 15) is 9.18 Å². The summed E-state index contributed by atoms with van der Waals surface area (Å²) in [5.74, 6) is 0.0667. The number of rotatable bonds is 6. The van der Waals surface area contributed by atoms with Gasteiger partial charge >= 0.3 is 0 Å². The van der Waals surface area contributed by atoms with Gasteiger partial charge in [-0.15, -0.1) is 0 Å². The van der Waals surface area contributed by atoms with Gasteiger partial charge in [-0.1, -0.05) is 12.1 Å². The van der Waals surface area contributed by atoms with Crippen LogP contribution in [-0.2, 0) is 4.79 Å². The molecule has 0 aliphatic heterocycles. The maximum atomic E-state index is 13.5. The van der Waals surface area contributed by atoms with Crippen molar-refractivity contribution in [2.75, 3.05) is 6.61 Å². The van der Waals surface area contributed by atoms with E-state index in [1.54, 1.807) is 48.7 Å². The van der Waals surface area contributed by atoms with Gasteiger partial charge in [-0.3, -0.25) is 9.79 Å². The van der Waals surface area contributed by atoms with Crippen LogP contribution in [0.4, 0.5) is 10.1 Å². The molecule has 2 rings (SSSR count). The summed E-state index contributed by atoms with van der Waals surface area (Å²) in [4.78, 5) is 15.6. The number of nitrogens with zero attached hydrogens (tertiary/aromatic N) is 1. The lowest BCUT2D eigenvalue weighted by molar-refractivity contribution is -0.123. The highest BCUT2D eigenvalue weighted by atomic mass is 19.1. The van der Waals surface area contributed by atoms with Crippen molar-refractivity contribution in [2.45, 2.75) is 19.9 Å². The van der Waals surface area contributed by atoms with E-state index in [1.807, 2.05) is 13.8 Å². The first kappa shape index (κ1) is 16.7. The Bertz CT molecular complexity index is 682. The topological polar surface area (TPSA) is 50.7 Å². The van der Waals surface area contributed by atoms with E-state index in [0.29, 0.717) is 5.75 Å². The molecule has 0 aliphatic carbocycles. The summed E-state index contributed by atoms with van der Waals surface area (Å²) in [6, 6.07) is 13.5. The fraction of sp³-hybridized carbons (Fsp3) is 0.222. The third kappa shape index (κ3) is 5.54. The van der Waals surface area contributed by atoms with Crippen LogP contribution in [0.2, 0.25) is 0 Å². The Labute approximate surface area is 135 Å². The number of amides is 1. The standard InChI is InChI=1S/C18H19FN2O2/c1-13(2)21-18(22)12-23-15-9-7-14(8-10-15)11-20-17-6-4-3-5-16(17)19/h3-11,13H,12H2,1-2H3,(H,21,22). The Morgan fingerprint density at radius 1 is 1.22 bits per heavy atom. The van der Waals surface area contributed by atoms with Gasteiger partial charge in [-0.25, -0.2) is 4.39 Å². The average molecular weight is 314 g/mol. The van der Waals surface area contributed by atoms with Gasteiger partial charge in [0.1, 0.15) is 11.6 Å². The molecule has 0 fully saturated rings. The van der Waals surface area contributed by atoms with E-state index in [4.69, 9.17) is 4.74 Å². The zero-order chi connectivity index (χ0) is 16.7. The van der Waals surface area contributed by atoms with Crippen molar-refractivity contribution in [3.05, 3.63) is 59.9 Å². The summed E-state index contributed by atoms with van der Waals surface area (Å²) in [6.07, 6.45) is 1.58. The third-order valence-corrected chi connectivity index (χ3v) is 2.90. The summed E-state index contributed by atoms with van der Waals surface area (Å²) in [7, 11) is 0. The van der Waals surface area contributed by atoms with E-state index < -0.39 is 0 Å². The number of halogens is 1. The van der Waals surface area contributed by atoms with Crippen molar-refractivity contribution in [3.63, 3.8) is 0 Å². The van der Waals surface area contributed by atoms with Gasteiger partial charge in [-0.05, 0) is 55.8 Å². The number of hydrogen-bond donors (Lipinski definition) is 1. The maximum Gasteiger partial charge on any atom is 0.258 e. The number of benzene rings is 2. The first-order chi connectivity index (χ1) is 11.0. The Kier molecular flexibility index (Phi) is 5.86. The molecule has 1 amide bonds. The minimum Gasteiger partial charge on any atom is -0.484 e. The molecule has 2 aromatic carbocycles. The quantitative estimate of drug-likeness (QED) is 0.830. The molecule has 0 saturated carbocycles. The monoisotopic (exact) mass is 314 g/mol. The van der Waals surface area contributed by atoms with Crippen molar-refractivity contribution >= 4 is 17.8 Å². The van der Waals surface area contributed by atoms with Gasteiger partial charge in [0.05, 0.1) is 5.69 Å². The fourth-order valence-corrected chi connectivity index (χ4v) is 1.86. The van der Waals surface area contributed by atoms with Crippen LogP contribution < -0.4 is 10.1 Å². The number of aliphatic imine (C=N–C) groups is 1. The van der Waals surface area contributed by atoms with Crippen LogP contribution in [0.15, 0.2) is 53.5 Å². The molecule has 0 aliphatic rings. The summed E-state index contributed by atoms with van der Waals surface area (Å²) < 4.78 is 18.8. The molecule has 0 bridgehead atoms. The molecule has 0 saturated heterocycles. The van der Waals surface area contributed by atoms with Crippen LogP contribution in [0.5, 0.6) is 5.75 Å². The lowest BCUT2D eigenvalue weighted by Crippen LogP contribution is -2.34. The lowest BCUT2D eigenvalue weighted by atomic mass is 10.2. The predicted molar refractivity (Wildman–Crippen MR) is 88.9 cm³/mol. The van der Waals surface area contributed by atoms with Crippen molar-refractivity contribution in [2.24, 2.45) is 4.99 Å². The van der Waals surface area contributed by atoms with Gasteiger partial charge in [0.15, 0.2) is 6.61 Å². The molecule has 0 radical (unpaired) electrons. The van der Waals surface area contributed by atoms with Gasteiger partial charge in [0.2, 0.25) is 0 Å². The molecule has 0 spiro atoms. The maximum absolute atomic E-state index is 13.5. The largest absolute Gasteiger partial charge is 0.484 e. The summed E-state index contributed by atoms with van der Waals surface area (Å²) >= 11 is 0. The third-order valence-electron chi connectivity index (χ3n) is 2.90. The summed E-state index contributed by atoms with van der Waals surface area (Å²) in [6.45, 7) is 3.75. The van der Waals surface area contributed by atoms with Gasteiger partial charge in [-0.2, -0.15) is 0 Å². The van der Waals surface area contributed by atoms with Crippen molar-refractivity contribution < 1.29 is 13.9 Å². The Morgan fingerprint density at radius 3 is 2.57 bits per heavy atom. The van der Waals surface area contributed by atoms with E-state index >= 15 is 0 Å². The second-order valence-corrected chi connectivity index (χ2v) is 5.29. The first-order valence-corrected chi connectivity index (χ1v) is 7.35. The van der Waals surface area contributed by atoms with Crippen LogP contribution in [0.1, 0.15) is 19.4 Å². The molecule has 23 heavy (non-hydrogen) atoms. The number of nitrogens with one attached hydrogen (secondary N) is 1. The second kappa shape index (κ2) is 8.08. The number of para-hydroxylation sites is 1. The Hall–Kier alpha value is -2.69. The van der Waals surface area contributed by atoms with E-state index in [-0.39, 0.29) is 30.1 Å². The summed E-state index contributed by atoms with van der Waals surface area (Å²) in [5, 5.41) is 2.75. The minimum absolute atomic E-state index is 0.0269. The highest BCUT2D eigenvalue weighted by Crippen LogP contribution is 2.17. The second-order valence-electron chi connectivity index (χ2n) is 5.29. The molecule has 0 aromatic heterocycles.